The fraction of sp³-hybridized carbons (Fsp3) is 0.300. The summed E-state index contributed by atoms with van der Waals surface area (Å²) in [4.78, 5) is 12.3. The minimum absolute atomic E-state index is 0.303. The lowest BCUT2D eigenvalue weighted by molar-refractivity contribution is 0.0954. The first-order valence-electron chi connectivity index (χ1n) is 8.25. The summed E-state index contributed by atoms with van der Waals surface area (Å²) in [5.74, 6) is 0.774. The van der Waals surface area contributed by atoms with Gasteiger partial charge in [-0.25, -0.2) is 5.43 Å². The monoisotopic (exact) mass is 340 g/mol. The zero-order valence-electron chi connectivity index (χ0n) is 15.1. The number of rotatable bonds is 7. The van der Waals surface area contributed by atoms with Crippen LogP contribution in [0, 0.1) is 0 Å². The molecule has 0 heterocycles. The molecule has 0 aromatic heterocycles. The van der Waals surface area contributed by atoms with E-state index in [0.717, 1.165) is 24.1 Å². The number of amides is 1. The molecular formula is C20H24N2O3. The first kappa shape index (κ1) is 18.5. The molecule has 0 bridgehead atoms. The second-order valence-electron chi connectivity index (χ2n) is 5.65. The van der Waals surface area contributed by atoms with Gasteiger partial charge in [0.15, 0.2) is 11.5 Å². The first-order valence-corrected chi connectivity index (χ1v) is 8.25. The van der Waals surface area contributed by atoms with E-state index in [9.17, 15) is 4.79 Å². The van der Waals surface area contributed by atoms with Crippen LogP contribution >= 0.6 is 0 Å². The summed E-state index contributed by atoms with van der Waals surface area (Å²) in [5.41, 5.74) is 6.06. The lowest BCUT2D eigenvalue weighted by Crippen LogP contribution is -2.19. The maximum Gasteiger partial charge on any atom is 0.271 e. The predicted octanol–water partition coefficient (Wildman–Crippen LogP) is 3.81. The molecule has 0 unspecified atom stereocenters. The standard InChI is InChI=1S/C20H24N2O3/c1-5-6-15-7-9-16(10-8-15)14(2)21-22-20(23)17-11-12-18(24-3)19(13-17)25-4/h7-13H,5-6H2,1-4H3,(H,22,23)/b21-14-. The fourth-order valence-corrected chi connectivity index (χ4v) is 2.44. The van der Waals surface area contributed by atoms with E-state index >= 15 is 0 Å². The van der Waals surface area contributed by atoms with Crippen molar-refractivity contribution in [1.82, 2.24) is 5.43 Å². The highest BCUT2D eigenvalue weighted by Crippen LogP contribution is 2.27. The van der Waals surface area contributed by atoms with Crippen molar-refractivity contribution in [3.8, 4) is 11.5 Å². The molecule has 2 rings (SSSR count). The van der Waals surface area contributed by atoms with Gasteiger partial charge in [0.05, 0.1) is 19.9 Å². The summed E-state index contributed by atoms with van der Waals surface area (Å²) >= 11 is 0. The van der Waals surface area contributed by atoms with Crippen molar-refractivity contribution in [2.75, 3.05) is 14.2 Å². The number of ether oxygens (including phenoxy) is 2. The summed E-state index contributed by atoms with van der Waals surface area (Å²) < 4.78 is 10.4. The molecule has 0 atom stereocenters. The van der Waals surface area contributed by atoms with Gasteiger partial charge in [0.1, 0.15) is 0 Å². The van der Waals surface area contributed by atoms with Gasteiger partial charge in [0.25, 0.3) is 5.91 Å². The third kappa shape index (κ3) is 4.83. The van der Waals surface area contributed by atoms with Gasteiger partial charge in [-0.1, -0.05) is 37.6 Å². The van der Waals surface area contributed by atoms with Crippen LogP contribution in [0.4, 0.5) is 0 Å². The number of methoxy groups -OCH3 is 2. The second kappa shape index (κ2) is 8.87. The molecule has 0 aliphatic carbocycles. The Bertz CT molecular complexity index is 752. The van der Waals surface area contributed by atoms with E-state index in [1.165, 1.54) is 12.7 Å². The van der Waals surface area contributed by atoms with Crippen LogP contribution in [0.3, 0.4) is 0 Å². The molecule has 0 fully saturated rings. The normalized spacial score (nSPS) is 11.1. The third-order valence-electron chi connectivity index (χ3n) is 3.88. The molecule has 1 amide bonds. The maximum atomic E-state index is 12.3. The number of hydrogen-bond donors (Lipinski definition) is 1. The lowest BCUT2D eigenvalue weighted by Gasteiger charge is -2.09. The van der Waals surface area contributed by atoms with Crippen LogP contribution in [0.1, 0.15) is 41.8 Å². The number of nitrogens with zero attached hydrogens (tertiary/aromatic N) is 1. The SMILES string of the molecule is CCCc1ccc(/C(C)=N\NC(=O)c2ccc(OC)c(OC)c2)cc1. The summed E-state index contributed by atoms with van der Waals surface area (Å²) in [6.45, 7) is 4.02. The molecule has 0 saturated carbocycles. The zero-order chi connectivity index (χ0) is 18.2. The van der Waals surface area contributed by atoms with Crippen molar-refractivity contribution < 1.29 is 14.3 Å². The van der Waals surface area contributed by atoms with E-state index in [0.29, 0.717) is 17.1 Å². The Hall–Kier alpha value is -2.82. The summed E-state index contributed by atoms with van der Waals surface area (Å²) in [7, 11) is 3.08. The Kier molecular flexibility index (Phi) is 6.57. The molecule has 0 radical (unpaired) electrons. The molecule has 1 N–H and O–H groups in total. The van der Waals surface area contributed by atoms with Crippen molar-refractivity contribution in [3.63, 3.8) is 0 Å². The molecule has 0 saturated heterocycles. The molecule has 0 aliphatic heterocycles. The van der Waals surface area contributed by atoms with Crippen LogP contribution < -0.4 is 14.9 Å². The summed E-state index contributed by atoms with van der Waals surface area (Å²) in [5, 5.41) is 4.19. The first-order chi connectivity index (χ1) is 12.1. The van der Waals surface area contributed by atoms with Crippen molar-refractivity contribution in [1.29, 1.82) is 0 Å². The third-order valence-corrected chi connectivity index (χ3v) is 3.88. The molecule has 0 spiro atoms. The highest BCUT2D eigenvalue weighted by molar-refractivity contribution is 6.01. The number of hydrazone groups is 1. The Labute approximate surface area is 148 Å². The lowest BCUT2D eigenvalue weighted by atomic mass is 10.1. The average molecular weight is 340 g/mol. The van der Waals surface area contributed by atoms with E-state index in [1.807, 2.05) is 19.1 Å². The van der Waals surface area contributed by atoms with Crippen LogP contribution in [0.15, 0.2) is 47.6 Å². The molecule has 2 aromatic carbocycles. The molecule has 132 valence electrons. The maximum absolute atomic E-state index is 12.3. The van der Waals surface area contributed by atoms with E-state index in [-0.39, 0.29) is 5.91 Å². The van der Waals surface area contributed by atoms with Gasteiger partial charge in [0.2, 0.25) is 0 Å². The van der Waals surface area contributed by atoms with E-state index in [4.69, 9.17) is 9.47 Å². The Morgan fingerprint density at radius 1 is 1.00 bits per heavy atom. The molecule has 5 heteroatoms. The summed E-state index contributed by atoms with van der Waals surface area (Å²) in [6, 6.07) is 13.2. The fourth-order valence-electron chi connectivity index (χ4n) is 2.44. The Balaban J connectivity index is 2.08. The van der Waals surface area contributed by atoms with E-state index in [2.05, 4.69) is 29.6 Å². The van der Waals surface area contributed by atoms with Crippen molar-refractivity contribution in [2.45, 2.75) is 26.7 Å². The quantitative estimate of drug-likeness (QED) is 0.616. The topological polar surface area (TPSA) is 59.9 Å². The van der Waals surface area contributed by atoms with Crippen LogP contribution in [0.25, 0.3) is 0 Å². The Morgan fingerprint density at radius 3 is 2.24 bits per heavy atom. The number of nitrogens with one attached hydrogen (secondary N) is 1. The van der Waals surface area contributed by atoms with Gasteiger partial charge in [-0.3, -0.25) is 4.79 Å². The average Bonchev–Trinajstić information content (AvgIpc) is 2.66. The van der Waals surface area contributed by atoms with Gasteiger partial charge in [0, 0.05) is 5.56 Å². The van der Waals surface area contributed by atoms with Crippen LogP contribution in [0.5, 0.6) is 11.5 Å². The minimum atomic E-state index is -0.303. The Morgan fingerprint density at radius 2 is 1.64 bits per heavy atom. The van der Waals surface area contributed by atoms with Gasteiger partial charge >= 0.3 is 0 Å². The second-order valence-corrected chi connectivity index (χ2v) is 5.65. The van der Waals surface area contributed by atoms with E-state index in [1.54, 1.807) is 25.3 Å². The highest BCUT2D eigenvalue weighted by Gasteiger charge is 2.10. The molecule has 5 nitrogen and oxygen atoms in total. The van der Waals surface area contributed by atoms with Crippen LogP contribution in [0.2, 0.25) is 0 Å². The highest BCUT2D eigenvalue weighted by atomic mass is 16.5. The number of hydrogen-bond acceptors (Lipinski definition) is 4. The zero-order valence-corrected chi connectivity index (χ0v) is 15.1. The van der Waals surface area contributed by atoms with Crippen molar-refractivity contribution in [2.24, 2.45) is 5.10 Å². The van der Waals surface area contributed by atoms with Gasteiger partial charge in [-0.2, -0.15) is 5.10 Å². The predicted molar refractivity (Wildman–Crippen MR) is 99.7 cm³/mol. The number of carbonyl (C=O) groups is 1. The largest absolute Gasteiger partial charge is 0.493 e. The van der Waals surface area contributed by atoms with Gasteiger partial charge in [-0.05, 0) is 42.7 Å². The minimum Gasteiger partial charge on any atom is -0.493 e. The number of aryl methyl sites for hydroxylation is 1. The molecule has 25 heavy (non-hydrogen) atoms. The number of carbonyl (C=O) groups excluding carboxylic acids is 1. The van der Waals surface area contributed by atoms with Crippen molar-refractivity contribution >= 4 is 11.6 Å². The molecule has 2 aromatic rings. The van der Waals surface area contributed by atoms with Gasteiger partial charge < -0.3 is 9.47 Å². The smallest absolute Gasteiger partial charge is 0.271 e. The van der Waals surface area contributed by atoms with Crippen molar-refractivity contribution in [3.05, 3.63) is 59.2 Å². The summed E-state index contributed by atoms with van der Waals surface area (Å²) in [6.07, 6.45) is 2.18. The van der Waals surface area contributed by atoms with Crippen LogP contribution in [-0.2, 0) is 6.42 Å². The van der Waals surface area contributed by atoms with Crippen LogP contribution in [-0.4, -0.2) is 25.8 Å². The van der Waals surface area contributed by atoms with Gasteiger partial charge in [-0.15, -0.1) is 0 Å². The van der Waals surface area contributed by atoms with E-state index < -0.39 is 0 Å². The molecular weight excluding hydrogens is 316 g/mol. The number of benzene rings is 2. The molecule has 0 aliphatic rings.